The van der Waals surface area contributed by atoms with Crippen LogP contribution in [0.5, 0.6) is 28.7 Å². The van der Waals surface area contributed by atoms with Gasteiger partial charge in [0.05, 0.1) is 66.2 Å². The molecule has 0 saturated carbocycles. The number of aryl methyl sites for hydroxylation is 1. The van der Waals surface area contributed by atoms with Crippen LogP contribution in [0.15, 0.2) is 218 Å². The predicted molar refractivity (Wildman–Crippen MR) is 602 cm³/mol. The number of ether oxygens (including phenoxy) is 10. The van der Waals surface area contributed by atoms with Crippen LogP contribution < -0.4 is 23.7 Å². The van der Waals surface area contributed by atoms with Crippen molar-refractivity contribution >= 4 is 82.8 Å². The van der Waals surface area contributed by atoms with Crippen LogP contribution >= 0.6 is 24.0 Å². The number of carbonyl (C=O) groups excluding carboxylic acids is 6. The van der Waals surface area contributed by atoms with Crippen LogP contribution in [0, 0.1) is 131 Å². The first-order valence-corrected chi connectivity index (χ1v) is 45.9. The summed E-state index contributed by atoms with van der Waals surface area (Å²) in [5.74, 6) is 41.0. The molecule has 141 heavy (non-hydrogen) atoms. The number of halogens is 1. The van der Waals surface area contributed by atoms with Crippen LogP contribution in [0.25, 0.3) is 0 Å². The number of unbranched alkanes of at least 4 members (excludes halogenated alkanes) is 1. The topological polar surface area (TPSA) is 347 Å². The number of carboxylic acid groups (broad SMARTS) is 2. The van der Waals surface area contributed by atoms with E-state index in [1.165, 1.54) is 59.7 Å². The predicted octanol–water partition coefficient (Wildman–Crippen LogP) is 23.3. The molecule has 26 heteroatoms. The Balaban J connectivity index is -0.0000000924. The fourth-order valence-electron chi connectivity index (χ4n) is 12.3. The molecule has 6 atom stereocenters. The van der Waals surface area contributed by atoms with E-state index in [9.17, 15) is 47.7 Å². The standard InChI is InChI=1S/C55H54O8.C32H38O7.C16H6O3.C8H6O4.C4H10O2S.HI.24H2/c1-8-10-11-12-13-14-15-16-17-18-19-44(40-52(57)63-42(3)41-62-51-34-28-48(29-35-51)54(4,5)45-22-20-43(9-2)21-23-45)53(58)61-39-38-60-50-32-26-47(27-33-50)55(6,7)46-24-30-49(31-25-46)59-37-36-56;1-6-19-36-30(34)24-7-9-25(10-8-24)31(35)39-23(3)21-38-29-17-13-27(14-18-29)32(4,5)26-11-15-28(16-12-26)37-20-22(2)33;1-2-3-4-5-6-7-8-9-10-11-12-14-13-15(17)19-16(14)18;9-7(10)5-1-2-6(4-3-5)8(11)12;1-2-3-4-7(5)6;;;;;;;;;;;;;;;;;;;;;;;;;/h1,18-35,42,44,56H,9,36-41H2,2-7H3;7-18,22-23,33H,6,19-21H2,1-5H3;1,11-12,14H,13H2;1-4H,(H,9,10)(H,11,12);2-4H2,1H3,(H,5,6);25*1H/b19-18+;;12-11+;;;;;;;;;;;;;;;;;;;;;;;;;;;. The molecule has 5 N–H and O–H groups in total. The van der Waals surface area contributed by atoms with Gasteiger partial charge in [-0.1, -0.05) is 178 Å². The van der Waals surface area contributed by atoms with Crippen LogP contribution in [0.4, 0.5) is 0 Å². The largest absolute Gasteiger partial charge is 0.491 e. The number of rotatable bonds is 39. The van der Waals surface area contributed by atoms with E-state index in [-0.39, 0.29) is 145 Å². The SMILES string of the molecule is C#CC#CC#CC#CC#C/C=C/C(CC(=O)OC(C)COc1ccc(C(C)(C)c2ccc(CC)cc2)cc1)C(=O)OCCOc1ccc(C(C)(C)c2ccc(OCCO)cc2)cc1.C#CC#CC#CC#CC#C/C=C/C1CC(=O)OC1=O.CCCCS(=O)O.CCCOC(=O)c1ccc(C(=O)OC(C)COc2ccc(C(C)(C)c3ccc(OCC(C)O)cc3)cc2)cc1.I.O=C(O)c1ccc(C(=O)O)cc1.[HH].[HH].[HH].[HH].[HH].[HH].[HH].[HH].[HH].[HH].[HH].[HH].[HH].[HH].[HH].[HH].[HH].[HH].[HH].[HH].[HH].[HH].[HH].[HH]. The Kier molecular flexibility index (Phi) is 54.0. The first-order valence-electron chi connectivity index (χ1n) is 44.6. The summed E-state index contributed by atoms with van der Waals surface area (Å²) in [6.45, 7) is 25.3. The first kappa shape index (κ1) is 118. The van der Waals surface area contributed by atoms with Gasteiger partial charge in [-0.25, -0.2) is 23.4 Å². The average Bonchev–Trinajstić information content (AvgIpc) is 1.30. The number of hydrogen-bond donors (Lipinski definition) is 5. The minimum absolute atomic E-state index is 0. The van der Waals surface area contributed by atoms with Crippen molar-refractivity contribution < 1.29 is 149 Å². The Labute approximate surface area is 882 Å². The summed E-state index contributed by atoms with van der Waals surface area (Å²) in [7, 11) is 0. The fraction of sp³-hybridized carbons (Fsp3) is 0.304. The summed E-state index contributed by atoms with van der Waals surface area (Å²) in [5, 5.41) is 35.3. The Hall–Kier alpha value is -15.4. The molecule has 1 aliphatic rings. The number of allylic oxidation sites excluding steroid dienone is 2. The minimum atomic E-state index is -1.57. The number of aliphatic hydroxyl groups excluding tert-OH is 2. The van der Waals surface area contributed by atoms with E-state index in [1.54, 1.807) is 45.0 Å². The minimum Gasteiger partial charge on any atom is -0.491 e. The molecule has 1 heterocycles. The normalized spacial score (nSPS) is 12.3. The summed E-state index contributed by atoms with van der Waals surface area (Å²) in [5.41, 5.74) is 8.26. The smallest absolute Gasteiger partial charge is 0.338 e. The second-order valence-corrected chi connectivity index (χ2v) is 33.2. The summed E-state index contributed by atoms with van der Waals surface area (Å²) >= 11 is -1.57. The lowest BCUT2D eigenvalue weighted by Gasteiger charge is -2.26. The van der Waals surface area contributed by atoms with Crippen molar-refractivity contribution in [1.29, 1.82) is 0 Å². The molecule has 1 saturated heterocycles. The van der Waals surface area contributed by atoms with Gasteiger partial charge in [-0.2, -0.15) is 0 Å². The van der Waals surface area contributed by atoms with Crippen LogP contribution in [0.1, 0.15) is 230 Å². The van der Waals surface area contributed by atoms with E-state index in [4.69, 9.17) is 75.4 Å². The number of cyclic esters (lactones) is 2. The van der Waals surface area contributed by atoms with Gasteiger partial charge in [0, 0.05) is 56.2 Å². The quantitative estimate of drug-likeness (QED) is 0.00454. The van der Waals surface area contributed by atoms with Crippen molar-refractivity contribution in [3.8, 4) is 148 Å². The molecule has 0 aromatic heterocycles. The number of terminal acetylenes is 2. The zero-order valence-electron chi connectivity index (χ0n) is 80.7. The highest BCUT2D eigenvalue weighted by molar-refractivity contribution is 14.0. The van der Waals surface area contributed by atoms with Crippen molar-refractivity contribution in [1.82, 2.24) is 0 Å². The fourth-order valence-corrected chi connectivity index (χ4v) is 12.8. The Morgan fingerprint density at radius 3 is 1.20 bits per heavy atom. The van der Waals surface area contributed by atoms with E-state index < -0.39 is 89.0 Å². The molecule has 0 spiro atoms. The van der Waals surface area contributed by atoms with Crippen molar-refractivity contribution in [3.05, 3.63) is 280 Å². The van der Waals surface area contributed by atoms with E-state index in [1.807, 2.05) is 135 Å². The van der Waals surface area contributed by atoms with E-state index in [0.29, 0.717) is 46.5 Å². The molecule has 0 amide bonds. The third-order valence-electron chi connectivity index (χ3n) is 20.3. The number of carboxylic acids is 2. The van der Waals surface area contributed by atoms with Gasteiger partial charge in [-0.05, 0) is 295 Å². The molecule has 0 aliphatic carbocycles. The van der Waals surface area contributed by atoms with Gasteiger partial charge >= 0.3 is 47.8 Å². The first-order chi connectivity index (χ1) is 67.1. The van der Waals surface area contributed by atoms with Gasteiger partial charge in [0.1, 0.15) is 80.6 Å². The van der Waals surface area contributed by atoms with E-state index in [2.05, 4.69) is 184 Å². The van der Waals surface area contributed by atoms with Crippen molar-refractivity contribution in [2.24, 2.45) is 11.8 Å². The van der Waals surface area contributed by atoms with Gasteiger partial charge in [-0.3, -0.25) is 19.2 Å². The lowest BCUT2D eigenvalue weighted by atomic mass is 9.78. The third-order valence-corrected chi connectivity index (χ3v) is 21.0. The number of carbonyl (C=O) groups is 8. The van der Waals surface area contributed by atoms with Crippen LogP contribution in [-0.2, 0) is 76.6 Å². The molecule has 0 radical (unpaired) electrons. The Morgan fingerprint density at radius 1 is 0.468 bits per heavy atom. The molecule has 0 bridgehead atoms. The maximum absolute atomic E-state index is 13.3. The van der Waals surface area contributed by atoms with Gasteiger partial charge < -0.3 is 72.3 Å². The molecule has 780 valence electrons. The summed E-state index contributed by atoms with van der Waals surface area (Å²) in [6, 6.07) is 59.1. The van der Waals surface area contributed by atoms with Gasteiger partial charge in [0.15, 0.2) is 11.1 Å². The summed E-state index contributed by atoms with van der Waals surface area (Å²) in [4.78, 5) is 93.3. The Bertz CT molecular complexity index is 6230. The summed E-state index contributed by atoms with van der Waals surface area (Å²) in [6.07, 6.45) is 17.6. The molecule has 8 aromatic carbocycles. The number of aromatic carboxylic acids is 2. The average molecular weight is 2090 g/mol. The molecular formula is C115H163IO24S. The number of aliphatic hydroxyl groups is 2. The molecule has 1 fully saturated rings. The Morgan fingerprint density at radius 2 is 0.837 bits per heavy atom. The van der Waals surface area contributed by atoms with E-state index >= 15 is 0 Å². The highest BCUT2D eigenvalue weighted by Gasteiger charge is 2.32. The molecule has 8 aromatic rings. The second kappa shape index (κ2) is 64.6. The molecular weight excluding hydrogens is 1920 g/mol. The number of benzene rings is 8. The molecule has 1 aliphatic heterocycles. The van der Waals surface area contributed by atoms with Gasteiger partial charge in [0.25, 0.3) is 0 Å². The lowest BCUT2D eigenvalue weighted by Crippen LogP contribution is -2.26. The second-order valence-electron chi connectivity index (χ2n) is 32.2. The maximum Gasteiger partial charge on any atom is 0.338 e. The van der Waals surface area contributed by atoms with E-state index in [0.717, 1.165) is 59.3 Å². The van der Waals surface area contributed by atoms with Crippen molar-refractivity contribution in [3.63, 3.8) is 0 Å². The number of hydrogen-bond acceptors (Lipinski definition) is 21. The zero-order chi connectivity index (χ0) is 103. The maximum atomic E-state index is 13.3. The number of esters is 6. The van der Waals surface area contributed by atoms with Crippen molar-refractivity contribution in [2.45, 2.75) is 156 Å². The van der Waals surface area contributed by atoms with Crippen LogP contribution in [-0.4, -0.2) is 154 Å². The molecule has 6 unspecified atom stereocenters. The highest BCUT2D eigenvalue weighted by Crippen LogP contribution is 2.37. The highest BCUT2D eigenvalue weighted by atomic mass is 127. The van der Waals surface area contributed by atoms with Gasteiger partial charge in [0.2, 0.25) is 0 Å². The summed E-state index contributed by atoms with van der Waals surface area (Å²) < 4.78 is 72.9. The van der Waals surface area contributed by atoms with Gasteiger partial charge in [-0.15, -0.1) is 36.8 Å². The van der Waals surface area contributed by atoms with Crippen molar-refractivity contribution in [2.75, 3.05) is 58.6 Å². The molecule has 9 rings (SSSR count). The molecule has 24 nitrogen and oxygen atoms in total. The monoisotopic (exact) mass is 2090 g/mol. The zero-order valence-corrected chi connectivity index (χ0v) is 83.9. The van der Waals surface area contributed by atoms with Crippen LogP contribution in [0.3, 0.4) is 0 Å². The van der Waals surface area contributed by atoms with Crippen LogP contribution in [0.2, 0.25) is 0 Å². The lowest BCUT2D eigenvalue weighted by molar-refractivity contribution is -0.157. The third kappa shape index (κ3) is 44.7.